The zero-order chi connectivity index (χ0) is 14.3. The van der Waals surface area contributed by atoms with Crippen LogP contribution in [0.3, 0.4) is 0 Å². The molecule has 0 aromatic heterocycles. The summed E-state index contributed by atoms with van der Waals surface area (Å²) in [5.41, 5.74) is -0.494. The fourth-order valence-corrected chi connectivity index (χ4v) is 1.92. The van der Waals surface area contributed by atoms with E-state index in [0.717, 1.165) is 6.42 Å². The molecule has 0 fully saturated rings. The van der Waals surface area contributed by atoms with Crippen molar-refractivity contribution in [2.45, 2.75) is 59.5 Å². The van der Waals surface area contributed by atoms with Gasteiger partial charge in [-0.2, -0.15) is 20.8 Å². The molecule has 0 aliphatic heterocycles. The second-order valence-electron chi connectivity index (χ2n) is 5.61. The molecule has 0 N–H and O–H groups in total. The molecule has 3 unspecified atom stereocenters. The summed E-state index contributed by atoms with van der Waals surface area (Å²) >= 11 is 0. The van der Waals surface area contributed by atoms with E-state index in [4.69, 9.17) is 10.5 Å². The lowest BCUT2D eigenvalue weighted by molar-refractivity contribution is 0.332. The van der Waals surface area contributed by atoms with E-state index in [0.29, 0.717) is 0 Å². The van der Waals surface area contributed by atoms with Crippen LogP contribution in [0.4, 0.5) is 0 Å². The maximum Gasteiger partial charge on any atom is 0.0917 e. The van der Waals surface area contributed by atoms with Crippen LogP contribution in [0.25, 0.3) is 0 Å². The number of hydrogen-bond donors (Lipinski definition) is 0. The van der Waals surface area contributed by atoms with Crippen molar-refractivity contribution < 1.29 is 0 Å². The van der Waals surface area contributed by atoms with Gasteiger partial charge >= 0.3 is 0 Å². The second kappa shape index (κ2) is 7.11. The minimum Gasteiger partial charge on any atom is -0.198 e. The SMILES string of the molecule is CCC(C#N)C(C)(C)N=NC(C(C)C)C(C)C#N. The summed E-state index contributed by atoms with van der Waals surface area (Å²) in [5, 5.41) is 26.7. The molecule has 0 aromatic rings. The standard InChI is InChI=1S/C14H24N4/c1-7-12(9-16)14(5,6)18-17-13(10(2)3)11(4)8-15/h10-13H,7H2,1-6H3. The molecule has 0 aliphatic carbocycles. The molecule has 18 heavy (non-hydrogen) atoms. The van der Waals surface area contributed by atoms with Gasteiger partial charge in [0.05, 0.1) is 35.6 Å². The summed E-state index contributed by atoms with van der Waals surface area (Å²) in [6.07, 6.45) is 0.753. The van der Waals surface area contributed by atoms with Crippen LogP contribution in [0.15, 0.2) is 10.2 Å². The first kappa shape index (κ1) is 16.6. The molecular weight excluding hydrogens is 224 g/mol. The maximum atomic E-state index is 9.09. The van der Waals surface area contributed by atoms with Crippen LogP contribution in [0, 0.1) is 40.4 Å². The summed E-state index contributed by atoms with van der Waals surface area (Å²) in [5.74, 6) is -0.0421. The van der Waals surface area contributed by atoms with Gasteiger partial charge in [0.2, 0.25) is 0 Å². The van der Waals surface area contributed by atoms with Crippen molar-refractivity contribution in [3.63, 3.8) is 0 Å². The van der Waals surface area contributed by atoms with Crippen molar-refractivity contribution in [2.24, 2.45) is 28.0 Å². The first-order valence-electron chi connectivity index (χ1n) is 6.51. The first-order valence-corrected chi connectivity index (χ1v) is 6.51. The van der Waals surface area contributed by atoms with E-state index in [1.54, 1.807) is 0 Å². The Kier molecular flexibility index (Phi) is 6.55. The van der Waals surface area contributed by atoms with Crippen molar-refractivity contribution in [3.05, 3.63) is 0 Å². The fraction of sp³-hybridized carbons (Fsp3) is 0.857. The highest BCUT2D eigenvalue weighted by Gasteiger charge is 2.29. The van der Waals surface area contributed by atoms with Crippen molar-refractivity contribution in [1.29, 1.82) is 10.5 Å². The molecule has 0 aliphatic rings. The van der Waals surface area contributed by atoms with E-state index in [-0.39, 0.29) is 23.8 Å². The van der Waals surface area contributed by atoms with Crippen molar-refractivity contribution in [2.75, 3.05) is 0 Å². The van der Waals surface area contributed by atoms with Gasteiger partial charge in [0.1, 0.15) is 0 Å². The summed E-state index contributed by atoms with van der Waals surface area (Å²) < 4.78 is 0. The van der Waals surface area contributed by atoms with Crippen molar-refractivity contribution in [1.82, 2.24) is 0 Å². The van der Waals surface area contributed by atoms with Crippen LogP contribution in [0.5, 0.6) is 0 Å². The van der Waals surface area contributed by atoms with Gasteiger partial charge in [-0.15, -0.1) is 0 Å². The van der Waals surface area contributed by atoms with Gasteiger partial charge in [-0.05, 0) is 33.1 Å². The number of nitrogens with zero attached hydrogens (tertiary/aromatic N) is 4. The minimum atomic E-state index is -0.494. The lowest BCUT2D eigenvalue weighted by Crippen LogP contribution is -2.29. The van der Waals surface area contributed by atoms with Gasteiger partial charge in [0.15, 0.2) is 0 Å². The number of rotatable bonds is 6. The third kappa shape index (κ3) is 4.45. The van der Waals surface area contributed by atoms with Crippen LogP contribution < -0.4 is 0 Å². The molecular formula is C14H24N4. The Labute approximate surface area is 111 Å². The molecule has 0 saturated heterocycles. The molecule has 0 heterocycles. The zero-order valence-corrected chi connectivity index (χ0v) is 12.3. The molecule has 0 rings (SSSR count). The Morgan fingerprint density at radius 3 is 2.00 bits per heavy atom. The van der Waals surface area contributed by atoms with Crippen LogP contribution in [0.1, 0.15) is 48.0 Å². The quantitative estimate of drug-likeness (QED) is 0.667. The highest BCUT2D eigenvalue weighted by atomic mass is 15.2. The van der Waals surface area contributed by atoms with Crippen LogP contribution in [0.2, 0.25) is 0 Å². The number of hydrogen-bond acceptors (Lipinski definition) is 4. The van der Waals surface area contributed by atoms with Crippen LogP contribution in [-0.2, 0) is 0 Å². The summed E-state index contributed by atoms with van der Waals surface area (Å²) in [4.78, 5) is 0. The monoisotopic (exact) mass is 248 g/mol. The molecule has 0 saturated carbocycles. The Bertz CT molecular complexity index is 357. The average molecular weight is 248 g/mol. The molecule has 0 bridgehead atoms. The molecule has 100 valence electrons. The summed E-state index contributed by atoms with van der Waals surface area (Å²) in [7, 11) is 0. The third-order valence-corrected chi connectivity index (χ3v) is 3.26. The van der Waals surface area contributed by atoms with E-state index in [1.807, 2.05) is 41.5 Å². The van der Waals surface area contributed by atoms with Crippen molar-refractivity contribution >= 4 is 0 Å². The maximum absolute atomic E-state index is 9.09. The van der Waals surface area contributed by atoms with Gasteiger partial charge < -0.3 is 0 Å². The topological polar surface area (TPSA) is 72.3 Å². The van der Waals surface area contributed by atoms with E-state index in [1.165, 1.54) is 0 Å². The summed E-state index contributed by atoms with van der Waals surface area (Å²) in [6.45, 7) is 11.7. The Morgan fingerprint density at radius 1 is 1.11 bits per heavy atom. The predicted molar refractivity (Wildman–Crippen MR) is 71.7 cm³/mol. The van der Waals surface area contributed by atoms with Crippen LogP contribution >= 0.6 is 0 Å². The van der Waals surface area contributed by atoms with Gasteiger partial charge in [-0.3, -0.25) is 0 Å². The Morgan fingerprint density at radius 2 is 1.67 bits per heavy atom. The highest BCUT2D eigenvalue weighted by Crippen LogP contribution is 2.26. The molecule has 0 radical (unpaired) electrons. The van der Waals surface area contributed by atoms with Crippen molar-refractivity contribution in [3.8, 4) is 12.1 Å². The molecule has 0 aromatic carbocycles. The first-order chi connectivity index (χ1) is 8.30. The van der Waals surface area contributed by atoms with E-state index in [9.17, 15) is 0 Å². The minimum absolute atomic E-state index is 0.106. The molecule has 4 heteroatoms. The molecule has 3 atom stereocenters. The lowest BCUT2D eigenvalue weighted by atomic mass is 9.87. The van der Waals surface area contributed by atoms with Gasteiger partial charge in [-0.25, -0.2) is 0 Å². The Hall–Kier alpha value is -1.42. The van der Waals surface area contributed by atoms with Crippen LogP contribution in [-0.4, -0.2) is 11.6 Å². The van der Waals surface area contributed by atoms with Gasteiger partial charge in [0.25, 0.3) is 0 Å². The smallest absolute Gasteiger partial charge is 0.0917 e. The lowest BCUT2D eigenvalue weighted by Gasteiger charge is -2.25. The van der Waals surface area contributed by atoms with E-state index in [2.05, 4.69) is 22.4 Å². The average Bonchev–Trinajstić information content (AvgIpc) is 2.29. The highest BCUT2D eigenvalue weighted by molar-refractivity contribution is 4.98. The zero-order valence-electron chi connectivity index (χ0n) is 12.3. The van der Waals surface area contributed by atoms with Gasteiger partial charge in [0, 0.05) is 0 Å². The number of azo groups is 1. The third-order valence-electron chi connectivity index (χ3n) is 3.26. The summed E-state index contributed by atoms with van der Waals surface area (Å²) in [6, 6.07) is 4.38. The number of nitriles is 2. The largest absolute Gasteiger partial charge is 0.198 e. The molecule has 0 spiro atoms. The van der Waals surface area contributed by atoms with Gasteiger partial charge in [-0.1, -0.05) is 20.8 Å². The second-order valence-corrected chi connectivity index (χ2v) is 5.61. The molecule has 4 nitrogen and oxygen atoms in total. The normalized spacial score (nSPS) is 17.2. The van der Waals surface area contributed by atoms with E-state index < -0.39 is 5.54 Å². The fourth-order valence-electron chi connectivity index (χ4n) is 1.92. The predicted octanol–water partition coefficient (Wildman–Crippen LogP) is 3.95. The van der Waals surface area contributed by atoms with E-state index >= 15 is 0 Å². The Balaban J connectivity index is 5.00. The molecule has 0 amide bonds.